The highest BCUT2D eigenvalue weighted by Gasteiger charge is 2.92. The standard InChI is InChI=1S/C13H7F15O4/c1-3(2-4(29)30)5(31)32-7(16)9(19,20)11(23,24)13(27,28)12(25,26)10(21,22)8(17,18)6(14)15/h6-7H,1-2H2,(H,29,30). The summed E-state index contributed by atoms with van der Waals surface area (Å²) >= 11 is 0. The van der Waals surface area contributed by atoms with Crippen molar-refractivity contribution < 1.29 is 85.3 Å². The van der Waals surface area contributed by atoms with Gasteiger partial charge in [-0.15, -0.1) is 0 Å². The molecule has 0 radical (unpaired) electrons. The van der Waals surface area contributed by atoms with Crippen LogP contribution in [0.5, 0.6) is 0 Å². The number of hydrogen-bond acceptors (Lipinski definition) is 3. The van der Waals surface area contributed by atoms with Crippen molar-refractivity contribution in [3.8, 4) is 0 Å². The van der Waals surface area contributed by atoms with E-state index in [1.807, 2.05) is 0 Å². The molecule has 0 aromatic heterocycles. The van der Waals surface area contributed by atoms with Gasteiger partial charge in [0.1, 0.15) is 0 Å². The third-order valence-corrected chi connectivity index (χ3v) is 3.44. The van der Waals surface area contributed by atoms with E-state index < -0.39 is 72.3 Å². The van der Waals surface area contributed by atoms with Crippen LogP contribution in [0.2, 0.25) is 0 Å². The van der Waals surface area contributed by atoms with Crippen molar-refractivity contribution in [2.75, 3.05) is 0 Å². The molecule has 0 saturated heterocycles. The fourth-order valence-electron chi connectivity index (χ4n) is 1.60. The quantitative estimate of drug-likeness (QED) is 0.242. The van der Waals surface area contributed by atoms with Gasteiger partial charge in [-0.3, -0.25) is 4.79 Å². The van der Waals surface area contributed by atoms with Crippen LogP contribution in [0.3, 0.4) is 0 Å². The molecular weight excluding hydrogens is 505 g/mol. The van der Waals surface area contributed by atoms with Crippen molar-refractivity contribution in [1.82, 2.24) is 0 Å². The maximum absolute atomic E-state index is 13.4. The highest BCUT2D eigenvalue weighted by atomic mass is 19.4. The van der Waals surface area contributed by atoms with E-state index in [-0.39, 0.29) is 0 Å². The third kappa shape index (κ3) is 4.41. The van der Waals surface area contributed by atoms with Crippen molar-refractivity contribution in [3.05, 3.63) is 12.2 Å². The Bertz CT molecular complexity index is 746. The van der Waals surface area contributed by atoms with Gasteiger partial charge in [-0.25, -0.2) is 13.6 Å². The van der Waals surface area contributed by atoms with Crippen LogP contribution in [-0.2, 0) is 14.3 Å². The third-order valence-electron chi connectivity index (χ3n) is 3.44. The number of ether oxygens (including phenoxy) is 1. The molecule has 0 amide bonds. The highest BCUT2D eigenvalue weighted by molar-refractivity contribution is 5.92. The molecule has 0 aliphatic carbocycles. The van der Waals surface area contributed by atoms with E-state index in [9.17, 15) is 75.4 Å². The first-order chi connectivity index (χ1) is 13.8. The maximum atomic E-state index is 13.4. The van der Waals surface area contributed by atoms with Gasteiger partial charge >= 0.3 is 60.3 Å². The molecular formula is C13H7F15O4. The minimum atomic E-state index is -8.37. The summed E-state index contributed by atoms with van der Waals surface area (Å²) in [5.74, 6) is -52.4. The van der Waals surface area contributed by atoms with Crippen molar-refractivity contribution in [3.63, 3.8) is 0 Å². The number of carbonyl (C=O) groups excluding carboxylic acids is 1. The number of halogens is 15. The van der Waals surface area contributed by atoms with Gasteiger partial charge in [0.25, 0.3) is 0 Å². The van der Waals surface area contributed by atoms with Crippen molar-refractivity contribution in [2.45, 2.75) is 54.7 Å². The summed E-state index contributed by atoms with van der Waals surface area (Å²) < 4.78 is 198. The average molecular weight is 512 g/mol. The molecule has 1 atom stereocenters. The second kappa shape index (κ2) is 8.53. The number of hydrogen-bond donors (Lipinski definition) is 1. The summed E-state index contributed by atoms with van der Waals surface area (Å²) in [7, 11) is 0. The molecule has 0 fully saturated rings. The second-order valence-electron chi connectivity index (χ2n) is 5.74. The van der Waals surface area contributed by atoms with E-state index in [0.29, 0.717) is 0 Å². The molecule has 0 heterocycles. The molecule has 0 spiro atoms. The lowest BCUT2D eigenvalue weighted by molar-refractivity contribution is -0.441. The number of rotatable bonds is 11. The van der Waals surface area contributed by atoms with E-state index in [1.54, 1.807) is 0 Å². The molecule has 0 aromatic carbocycles. The number of esters is 1. The minimum absolute atomic E-state index is 1.49. The first-order valence-electron chi connectivity index (χ1n) is 7.13. The van der Waals surface area contributed by atoms with Gasteiger partial charge in [0.05, 0.1) is 6.42 Å². The molecule has 0 saturated carbocycles. The lowest BCUT2D eigenvalue weighted by Gasteiger charge is -2.41. The number of carboxylic acid groups (broad SMARTS) is 1. The Hall–Kier alpha value is -2.37. The average Bonchev–Trinajstić information content (AvgIpc) is 2.59. The lowest BCUT2D eigenvalue weighted by atomic mass is 9.91. The van der Waals surface area contributed by atoms with Crippen LogP contribution in [0, 0.1) is 0 Å². The monoisotopic (exact) mass is 512 g/mol. The van der Waals surface area contributed by atoms with Crippen LogP contribution in [0.25, 0.3) is 0 Å². The Balaban J connectivity index is 6.24. The predicted octanol–water partition coefficient (Wildman–Crippen LogP) is 4.93. The first-order valence-corrected chi connectivity index (χ1v) is 7.13. The van der Waals surface area contributed by atoms with Gasteiger partial charge in [0, 0.05) is 5.57 Å². The summed E-state index contributed by atoms with van der Waals surface area (Å²) in [6, 6.07) is 0. The zero-order valence-electron chi connectivity index (χ0n) is 14.4. The Morgan fingerprint density at radius 1 is 0.719 bits per heavy atom. The van der Waals surface area contributed by atoms with E-state index in [4.69, 9.17) is 5.11 Å². The summed E-state index contributed by atoms with van der Waals surface area (Å²) in [6.45, 7) is 2.48. The number of carboxylic acids is 1. The Labute approximate surface area is 165 Å². The van der Waals surface area contributed by atoms with Gasteiger partial charge in [-0.1, -0.05) is 6.58 Å². The van der Waals surface area contributed by atoms with Crippen LogP contribution in [0.1, 0.15) is 6.42 Å². The number of alkyl halides is 15. The molecule has 0 aliphatic heterocycles. The minimum Gasteiger partial charge on any atom is -0.481 e. The van der Waals surface area contributed by atoms with Crippen LogP contribution in [0.15, 0.2) is 12.2 Å². The Kier molecular flexibility index (Phi) is 7.89. The fourth-order valence-corrected chi connectivity index (χ4v) is 1.60. The molecule has 188 valence electrons. The van der Waals surface area contributed by atoms with E-state index in [2.05, 4.69) is 11.3 Å². The van der Waals surface area contributed by atoms with Crippen LogP contribution >= 0.6 is 0 Å². The summed E-state index contributed by atoms with van der Waals surface area (Å²) in [6.07, 6.45) is -12.8. The van der Waals surface area contributed by atoms with Gasteiger partial charge < -0.3 is 9.84 Å². The Morgan fingerprint density at radius 3 is 1.38 bits per heavy atom. The zero-order chi connectivity index (χ0) is 26.3. The number of carbonyl (C=O) groups is 2. The highest BCUT2D eigenvalue weighted by Crippen LogP contribution is 2.61. The molecule has 0 aliphatic rings. The topological polar surface area (TPSA) is 63.6 Å². The zero-order valence-corrected chi connectivity index (χ0v) is 14.4. The number of aliphatic carboxylic acids is 1. The largest absolute Gasteiger partial charge is 0.481 e. The lowest BCUT2D eigenvalue weighted by Crippen LogP contribution is -2.72. The van der Waals surface area contributed by atoms with Crippen LogP contribution in [0.4, 0.5) is 65.9 Å². The first kappa shape index (κ1) is 29.6. The van der Waals surface area contributed by atoms with Gasteiger partial charge in [0.15, 0.2) is 0 Å². The van der Waals surface area contributed by atoms with Crippen molar-refractivity contribution >= 4 is 11.9 Å². The summed E-state index contributed by atoms with van der Waals surface area (Å²) in [5, 5.41) is 8.23. The SMILES string of the molecule is C=C(CC(=O)O)C(=O)OC(F)C(F)(F)C(F)(F)C(F)(F)C(F)(F)C(F)(F)C(F)(F)C(F)F. The van der Waals surface area contributed by atoms with Crippen molar-refractivity contribution in [2.24, 2.45) is 0 Å². The van der Waals surface area contributed by atoms with Gasteiger partial charge in [0.2, 0.25) is 0 Å². The van der Waals surface area contributed by atoms with E-state index in [0.717, 1.165) is 0 Å². The predicted molar refractivity (Wildman–Crippen MR) is 68.1 cm³/mol. The molecule has 4 nitrogen and oxygen atoms in total. The summed E-state index contributed by atoms with van der Waals surface area (Å²) in [4.78, 5) is 21.3. The fraction of sp³-hybridized carbons (Fsp3) is 0.692. The molecule has 1 N–H and O–H groups in total. The maximum Gasteiger partial charge on any atom is 0.385 e. The second-order valence-corrected chi connectivity index (χ2v) is 5.74. The van der Waals surface area contributed by atoms with Crippen molar-refractivity contribution in [1.29, 1.82) is 0 Å². The molecule has 32 heavy (non-hydrogen) atoms. The summed E-state index contributed by atoms with van der Waals surface area (Å²) in [5.41, 5.74) is -1.49. The van der Waals surface area contributed by atoms with Crippen LogP contribution in [-0.4, -0.2) is 65.4 Å². The Morgan fingerprint density at radius 2 is 1.06 bits per heavy atom. The normalized spacial score (nSPS) is 15.5. The van der Waals surface area contributed by atoms with Crippen LogP contribution < -0.4 is 0 Å². The molecule has 0 rings (SSSR count). The van der Waals surface area contributed by atoms with E-state index >= 15 is 0 Å². The van der Waals surface area contributed by atoms with Gasteiger partial charge in [-0.05, 0) is 0 Å². The smallest absolute Gasteiger partial charge is 0.385 e. The molecule has 0 bridgehead atoms. The van der Waals surface area contributed by atoms with E-state index in [1.165, 1.54) is 0 Å². The molecule has 0 aromatic rings. The van der Waals surface area contributed by atoms with Gasteiger partial charge in [-0.2, -0.15) is 57.1 Å². The molecule has 1 unspecified atom stereocenters. The molecule has 19 heteroatoms.